The molecule has 1 unspecified atom stereocenters. The minimum absolute atomic E-state index is 0.0591. The number of carbonyl (C=O) groups is 3. The monoisotopic (exact) mass is 383 g/mol. The van der Waals surface area contributed by atoms with Crippen LogP contribution in [0.15, 0.2) is 24.3 Å². The largest absolute Gasteiger partial charge is 0.494 e. The molecule has 4 N–H and O–H groups in total. The maximum atomic E-state index is 12.1. The fourth-order valence-electron chi connectivity index (χ4n) is 2.00. The summed E-state index contributed by atoms with van der Waals surface area (Å²) in [6, 6.07) is 6.86. The van der Waals surface area contributed by atoms with Crippen LogP contribution in [0.5, 0.6) is 5.75 Å². The van der Waals surface area contributed by atoms with Gasteiger partial charge in [-0.3, -0.25) is 14.4 Å². The molecule has 9 heteroatoms. The summed E-state index contributed by atoms with van der Waals surface area (Å²) in [6.45, 7) is 2.57. The topological polar surface area (TPSA) is 117 Å². The van der Waals surface area contributed by atoms with Crippen molar-refractivity contribution < 1.29 is 24.2 Å². The van der Waals surface area contributed by atoms with E-state index in [-0.39, 0.29) is 24.0 Å². The number of carboxylic acids is 1. The number of hydrogen-bond acceptors (Lipinski definition) is 6. The smallest absolute Gasteiger partial charge is 0.303 e. The molecule has 0 radical (unpaired) electrons. The molecular formula is C17H25N3O5S. The third kappa shape index (κ3) is 8.61. The molecule has 1 atom stereocenters. The number of aliphatic carboxylic acids is 1. The molecule has 0 aliphatic rings. The van der Waals surface area contributed by atoms with Crippen LogP contribution >= 0.6 is 11.8 Å². The van der Waals surface area contributed by atoms with Gasteiger partial charge in [0.1, 0.15) is 5.75 Å². The van der Waals surface area contributed by atoms with Gasteiger partial charge in [0, 0.05) is 18.7 Å². The summed E-state index contributed by atoms with van der Waals surface area (Å²) in [4.78, 5) is 34.4. The second-order valence-electron chi connectivity index (χ2n) is 5.34. The third-order valence-electron chi connectivity index (χ3n) is 3.16. The summed E-state index contributed by atoms with van der Waals surface area (Å²) >= 11 is 1.37. The number of benzene rings is 1. The molecule has 144 valence electrons. The molecule has 0 spiro atoms. The molecule has 8 nitrogen and oxygen atoms in total. The van der Waals surface area contributed by atoms with E-state index in [1.54, 1.807) is 31.2 Å². The predicted octanol–water partition coefficient (Wildman–Crippen LogP) is 1.28. The first-order valence-electron chi connectivity index (χ1n) is 8.23. The average Bonchev–Trinajstić information content (AvgIpc) is 2.59. The summed E-state index contributed by atoms with van der Waals surface area (Å²) in [5, 5.41) is 16.9. The summed E-state index contributed by atoms with van der Waals surface area (Å²) in [5.74, 6) is -0.550. The van der Waals surface area contributed by atoms with Crippen molar-refractivity contribution in [3.63, 3.8) is 0 Å². The summed E-state index contributed by atoms with van der Waals surface area (Å²) in [7, 11) is 0. The van der Waals surface area contributed by atoms with E-state index in [0.29, 0.717) is 31.0 Å². The van der Waals surface area contributed by atoms with Gasteiger partial charge in [0.05, 0.1) is 12.4 Å². The second kappa shape index (κ2) is 12.0. The van der Waals surface area contributed by atoms with Crippen molar-refractivity contribution >= 4 is 35.2 Å². The molecule has 1 rings (SSSR count). The van der Waals surface area contributed by atoms with E-state index in [1.807, 2.05) is 6.26 Å². The maximum Gasteiger partial charge on any atom is 0.303 e. The standard InChI is InChI=1S/C17H25N3O5S/c1-3-18-17(24)16(20-14(21)11-26-2)19-12-6-8-13(9-7-12)25-10-4-5-15(22)23/h6-9,16,19H,3-5,10-11H2,1-2H3,(H,18,24)(H,20,21)(H,22,23). The number of nitrogens with one attached hydrogen (secondary N) is 3. The molecule has 0 saturated carbocycles. The van der Waals surface area contributed by atoms with Gasteiger partial charge in [0.15, 0.2) is 6.17 Å². The summed E-state index contributed by atoms with van der Waals surface area (Å²) in [6.07, 6.45) is 1.42. The predicted molar refractivity (Wildman–Crippen MR) is 101 cm³/mol. The zero-order valence-electron chi connectivity index (χ0n) is 14.9. The average molecular weight is 383 g/mol. The van der Waals surface area contributed by atoms with Crippen LogP contribution in [0, 0.1) is 0 Å². The van der Waals surface area contributed by atoms with Crippen molar-refractivity contribution in [2.24, 2.45) is 0 Å². The van der Waals surface area contributed by atoms with E-state index in [0.717, 1.165) is 0 Å². The lowest BCUT2D eigenvalue weighted by atomic mass is 10.2. The molecular weight excluding hydrogens is 358 g/mol. The van der Waals surface area contributed by atoms with Crippen LogP contribution in [-0.4, -0.2) is 54.2 Å². The molecule has 0 heterocycles. The van der Waals surface area contributed by atoms with Crippen LogP contribution in [0.25, 0.3) is 0 Å². The Labute approximate surface area is 157 Å². The first-order chi connectivity index (χ1) is 12.5. The van der Waals surface area contributed by atoms with Gasteiger partial charge >= 0.3 is 5.97 Å². The Morgan fingerprint density at radius 1 is 1.23 bits per heavy atom. The van der Waals surface area contributed by atoms with Gasteiger partial charge in [-0.25, -0.2) is 0 Å². The molecule has 1 aromatic rings. The number of thioether (sulfide) groups is 1. The van der Waals surface area contributed by atoms with E-state index in [9.17, 15) is 14.4 Å². The molecule has 2 amide bonds. The molecule has 0 bridgehead atoms. The van der Waals surface area contributed by atoms with Crippen LogP contribution in [0.3, 0.4) is 0 Å². The van der Waals surface area contributed by atoms with Crippen molar-refractivity contribution in [1.29, 1.82) is 0 Å². The molecule has 1 aromatic carbocycles. The van der Waals surface area contributed by atoms with Gasteiger partial charge in [0.2, 0.25) is 5.91 Å². The highest BCUT2D eigenvalue weighted by atomic mass is 32.2. The van der Waals surface area contributed by atoms with Crippen molar-refractivity contribution in [2.75, 3.05) is 30.5 Å². The molecule has 0 saturated heterocycles. The number of carboxylic acid groups (broad SMARTS) is 1. The zero-order chi connectivity index (χ0) is 19.4. The molecule has 0 aliphatic heterocycles. The Balaban J connectivity index is 2.61. The molecule has 0 aliphatic carbocycles. The van der Waals surface area contributed by atoms with Crippen molar-refractivity contribution in [3.05, 3.63) is 24.3 Å². The Bertz CT molecular complexity index is 595. The van der Waals surface area contributed by atoms with Crippen LogP contribution in [0.1, 0.15) is 19.8 Å². The van der Waals surface area contributed by atoms with Gasteiger partial charge < -0.3 is 25.8 Å². The Morgan fingerprint density at radius 3 is 2.50 bits per heavy atom. The minimum atomic E-state index is -0.878. The maximum absolute atomic E-state index is 12.1. The van der Waals surface area contributed by atoms with E-state index < -0.39 is 12.1 Å². The van der Waals surface area contributed by atoms with E-state index in [1.165, 1.54) is 11.8 Å². The van der Waals surface area contributed by atoms with Gasteiger partial charge in [-0.2, -0.15) is 11.8 Å². The highest BCUT2D eigenvalue weighted by molar-refractivity contribution is 7.99. The molecule has 0 aromatic heterocycles. The lowest BCUT2D eigenvalue weighted by Gasteiger charge is -2.20. The fraction of sp³-hybridized carbons (Fsp3) is 0.471. The number of hydrogen-bond donors (Lipinski definition) is 4. The van der Waals surface area contributed by atoms with Crippen molar-refractivity contribution in [3.8, 4) is 5.75 Å². The lowest BCUT2D eigenvalue weighted by Crippen LogP contribution is -2.51. The Kier molecular flexibility index (Phi) is 9.99. The summed E-state index contributed by atoms with van der Waals surface area (Å²) < 4.78 is 5.46. The number of amides is 2. The quantitative estimate of drug-likeness (QED) is 0.317. The van der Waals surface area contributed by atoms with E-state index >= 15 is 0 Å². The third-order valence-corrected chi connectivity index (χ3v) is 3.71. The SMILES string of the molecule is CCNC(=O)C(NC(=O)CSC)Nc1ccc(OCCCC(=O)O)cc1. The van der Waals surface area contributed by atoms with Crippen molar-refractivity contribution in [2.45, 2.75) is 25.9 Å². The van der Waals surface area contributed by atoms with Gasteiger partial charge in [-0.05, 0) is 43.9 Å². The fourth-order valence-corrected chi connectivity index (χ4v) is 2.35. The Morgan fingerprint density at radius 2 is 1.92 bits per heavy atom. The van der Waals surface area contributed by atoms with Crippen LogP contribution in [0.4, 0.5) is 5.69 Å². The van der Waals surface area contributed by atoms with E-state index in [2.05, 4.69) is 16.0 Å². The number of ether oxygens (including phenoxy) is 1. The summed E-state index contributed by atoms with van der Waals surface area (Å²) in [5.41, 5.74) is 0.642. The highest BCUT2D eigenvalue weighted by Crippen LogP contribution is 2.16. The Hall–Kier alpha value is -2.42. The molecule has 0 fully saturated rings. The number of anilines is 1. The van der Waals surface area contributed by atoms with Crippen molar-refractivity contribution in [1.82, 2.24) is 10.6 Å². The highest BCUT2D eigenvalue weighted by Gasteiger charge is 2.19. The van der Waals surface area contributed by atoms with Gasteiger partial charge in [0.25, 0.3) is 5.91 Å². The van der Waals surface area contributed by atoms with Crippen LogP contribution in [-0.2, 0) is 14.4 Å². The second-order valence-corrected chi connectivity index (χ2v) is 6.21. The number of rotatable bonds is 12. The first-order valence-corrected chi connectivity index (χ1v) is 9.62. The van der Waals surface area contributed by atoms with Gasteiger partial charge in [-0.15, -0.1) is 0 Å². The number of likely N-dealkylation sites (N-methyl/N-ethyl adjacent to an activating group) is 1. The zero-order valence-corrected chi connectivity index (χ0v) is 15.7. The van der Waals surface area contributed by atoms with Gasteiger partial charge in [-0.1, -0.05) is 0 Å². The minimum Gasteiger partial charge on any atom is -0.494 e. The number of carbonyl (C=O) groups excluding carboxylic acids is 2. The first kappa shape index (κ1) is 21.6. The normalized spacial score (nSPS) is 11.3. The van der Waals surface area contributed by atoms with Crippen LogP contribution < -0.4 is 20.7 Å². The van der Waals surface area contributed by atoms with E-state index in [4.69, 9.17) is 9.84 Å². The lowest BCUT2D eigenvalue weighted by molar-refractivity contribution is -0.137. The van der Waals surface area contributed by atoms with Crippen LogP contribution in [0.2, 0.25) is 0 Å². The molecule has 26 heavy (non-hydrogen) atoms.